The van der Waals surface area contributed by atoms with Gasteiger partial charge in [-0.2, -0.15) is 5.10 Å². The van der Waals surface area contributed by atoms with Crippen molar-refractivity contribution in [1.29, 1.82) is 0 Å². The van der Waals surface area contributed by atoms with Crippen LogP contribution in [0.3, 0.4) is 0 Å². The Balaban J connectivity index is 1.86. The van der Waals surface area contributed by atoms with Gasteiger partial charge in [0.25, 0.3) is 0 Å². The van der Waals surface area contributed by atoms with Crippen LogP contribution >= 0.6 is 11.8 Å². The maximum absolute atomic E-state index is 12.8. The first-order valence-electron chi connectivity index (χ1n) is 9.70. The molecule has 0 spiro atoms. The van der Waals surface area contributed by atoms with Crippen molar-refractivity contribution in [3.63, 3.8) is 0 Å². The van der Waals surface area contributed by atoms with Crippen LogP contribution in [0.5, 0.6) is 0 Å². The standard InChI is InChI=1S/C23H23N3O3S/c1-13-7-5-6-8-18(13)26-21-19(14(2)25-26)20(30-15(3)22(27)24-21)16-9-11-17(12-10-16)23(28)29-4/h5-12,15,20H,1-4H3,(H,24,27). The van der Waals surface area contributed by atoms with Crippen LogP contribution in [0.15, 0.2) is 48.5 Å². The number of aromatic nitrogens is 2. The van der Waals surface area contributed by atoms with E-state index < -0.39 is 0 Å². The number of ether oxygens (including phenoxy) is 1. The van der Waals surface area contributed by atoms with Gasteiger partial charge in [0.15, 0.2) is 0 Å². The maximum Gasteiger partial charge on any atom is 0.337 e. The topological polar surface area (TPSA) is 73.2 Å². The minimum absolute atomic E-state index is 0.0512. The Labute approximate surface area is 179 Å². The number of benzene rings is 2. The highest BCUT2D eigenvalue weighted by Crippen LogP contribution is 2.46. The van der Waals surface area contributed by atoms with E-state index in [4.69, 9.17) is 9.84 Å². The number of carbonyl (C=O) groups is 2. The zero-order valence-corrected chi connectivity index (χ0v) is 18.1. The van der Waals surface area contributed by atoms with Crippen LogP contribution in [-0.2, 0) is 9.53 Å². The fourth-order valence-corrected chi connectivity index (χ4v) is 4.98. The van der Waals surface area contributed by atoms with Gasteiger partial charge in [0, 0.05) is 5.56 Å². The maximum atomic E-state index is 12.8. The number of anilines is 1. The van der Waals surface area contributed by atoms with E-state index in [0.29, 0.717) is 11.4 Å². The van der Waals surface area contributed by atoms with E-state index in [0.717, 1.165) is 28.1 Å². The third kappa shape index (κ3) is 3.50. The molecule has 0 saturated heterocycles. The lowest BCUT2D eigenvalue weighted by Gasteiger charge is -2.17. The zero-order chi connectivity index (χ0) is 21.4. The van der Waals surface area contributed by atoms with Crippen molar-refractivity contribution in [2.24, 2.45) is 0 Å². The van der Waals surface area contributed by atoms with Crippen molar-refractivity contribution in [2.75, 3.05) is 12.4 Å². The van der Waals surface area contributed by atoms with Crippen molar-refractivity contribution in [2.45, 2.75) is 31.3 Å². The van der Waals surface area contributed by atoms with E-state index in [9.17, 15) is 9.59 Å². The second-order valence-electron chi connectivity index (χ2n) is 7.31. The average molecular weight is 422 g/mol. The molecule has 154 valence electrons. The molecule has 7 heteroatoms. The van der Waals surface area contributed by atoms with Crippen LogP contribution in [0.4, 0.5) is 5.82 Å². The van der Waals surface area contributed by atoms with E-state index in [1.807, 2.05) is 61.9 Å². The van der Waals surface area contributed by atoms with Gasteiger partial charge >= 0.3 is 5.97 Å². The van der Waals surface area contributed by atoms with Crippen molar-refractivity contribution in [3.05, 3.63) is 76.5 Å². The van der Waals surface area contributed by atoms with Gasteiger partial charge in [-0.25, -0.2) is 9.48 Å². The number of carbonyl (C=O) groups excluding carboxylic acids is 2. The molecule has 1 aromatic heterocycles. The molecule has 3 aromatic rings. The molecule has 2 atom stereocenters. The first-order valence-corrected chi connectivity index (χ1v) is 10.6. The summed E-state index contributed by atoms with van der Waals surface area (Å²) in [5.74, 6) is 0.278. The summed E-state index contributed by atoms with van der Waals surface area (Å²) in [5.41, 5.74) is 5.34. The predicted octanol–water partition coefficient (Wildman–Crippen LogP) is 4.44. The molecule has 2 aromatic carbocycles. The van der Waals surface area contributed by atoms with E-state index in [-0.39, 0.29) is 22.4 Å². The van der Waals surface area contributed by atoms with Gasteiger partial charge in [0.1, 0.15) is 5.82 Å². The molecular formula is C23H23N3O3S. The summed E-state index contributed by atoms with van der Waals surface area (Å²) in [7, 11) is 1.37. The number of amides is 1. The van der Waals surface area contributed by atoms with Gasteiger partial charge in [-0.15, -0.1) is 11.8 Å². The second kappa shape index (κ2) is 7.99. The molecule has 0 saturated carbocycles. The third-order valence-electron chi connectivity index (χ3n) is 5.30. The normalized spacial score (nSPS) is 18.3. The van der Waals surface area contributed by atoms with E-state index in [2.05, 4.69) is 5.32 Å². The highest BCUT2D eigenvalue weighted by molar-refractivity contribution is 8.01. The van der Waals surface area contributed by atoms with Gasteiger partial charge in [-0.05, 0) is 50.1 Å². The lowest BCUT2D eigenvalue weighted by atomic mass is 10.0. The molecule has 1 aliphatic rings. The molecule has 1 N–H and O–H groups in total. The quantitative estimate of drug-likeness (QED) is 0.633. The lowest BCUT2D eigenvalue weighted by molar-refractivity contribution is -0.115. The van der Waals surface area contributed by atoms with Crippen LogP contribution in [0.25, 0.3) is 5.69 Å². The Morgan fingerprint density at radius 2 is 1.83 bits per heavy atom. The molecule has 1 amide bonds. The molecular weight excluding hydrogens is 398 g/mol. The summed E-state index contributed by atoms with van der Waals surface area (Å²) >= 11 is 1.58. The first-order chi connectivity index (χ1) is 14.4. The molecule has 0 radical (unpaired) electrons. The molecule has 0 aliphatic carbocycles. The Bertz CT molecular complexity index is 1120. The van der Waals surface area contributed by atoms with Gasteiger partial charge in [-0.3, -0.25) is 4.79 Å². The Morgan fingerprint density at radius 3 is 2.50 bits per heavy atom. The molecule has 0 fully saturated rings. The average Bonchev–Trinajstić information content (AvgIpc) is 2.99. The van der Waals surface area contributed by atoms with Crippen LogP contribution in [-0.4, -0.2) is 34.0 Å². The third-order valence-corrected chi connectivity index (χ3v) is 6.70. The number of hydrogen-bond acceptors (Lipinski definition) is 5. The van der Waals surface area contributed by atoms with Crippen LogP contribution in [0.1, 0.15) is 44.9 Å². The molecule has 30 heavy (non-hydrogen) atoms. The largest absolute Gasteiger partial charge is 0.465 e. The monoisotopic (exact) mass is 421 g/mol. The molecule has 6 nitrogen and oxygen atoms in total. The second-order valence-corrected chi connectivity index (χ2v) is 8.76. The number of para-hydroxylation sites is 1. The van der Waals surface area contributed by atoms with Gasteiger partial charge in [0.2, 0.25) is 5.91 Å². The first kappa shape index (κ1) is 20.2. The van der Waals surface area contributed by atoms with E-state index in [1.54, 1.807) is 23.9 Å². The number of esters is 1. The number of nitrogens with zero attached hydrogens (tertiary/aromatic N) is 2. The zero-order valence-electron chi connectivity index (χ0n) is 17.3. The number of methoxy groups -OCH3 is 1. The van der Waals surface area contributed by atoms with Crippen molar-refractivity contribution in [3.8, 4) is 5.69 Å². The smallest absolute Gasteiger partial charge is 0.337 e. The van der Waals surface area contributed by atoms with Crippen LogP contribution in [0, 0.1) is 13.8 Å². The van der Waals surface area contributed by atoms with E-state index >= 15 is 0 Å². The van der Waals surface area contributed by atoms with Crippen LogP contribution < -0.4 is 5.32 Å². The number of thioether (sulfide) groups is 1. The Kier molecular flexibility index (Phi) is 5.39. The molecule has 4 rings (SSSR count). The van der Waals surface area contributed by atoms with Gasteiger partial charge in [-0.1, -0.05) is 30.3 Å². The highest BCUT2D eigenvalue weighted by Gasteiger charge is 2.34. The fraction of sp³-hybridized carbons (Fsp3) is 0.261. The minimum Gasteiger partial charge on any atom is -0.465 e. The molecule has 2 heterocycles. The summed E-state index contributed by atoms with van der Waals surface area (Å²) in [5, 5.41) is 7.52. The number of nitrogens with one attached hydrogen (secondary N) is 1. The summed E-state index contributed by atoms with van der Waals surface area (Å²) < 4.78 is 6.63. The SMILES string of the molecule is COC(=O)c1ccc(C2SC(C)C(=O)Nc3c2c(C)nn3-c2ccccc2C)cc1. The number of hydrogen-bond donors (Lipinski definition) is 1. The molecule has 1 aliphatic heterocycles. The molecule has 2 unspecified atom stereocenters. The lowest BCUT2D eigenvalue weighted by Crippen LogP contribution is -2.22. The van der Waals surface area contributed by atoms with Crippen molar-refractivity contribution in [1.82, 2.24) is 9.78 Å². The summed E-state index contributed by atoms with van der Waals surface area (Å²) in [6.45, 7) is 5.90. The van der Waals surface area contributed by atoms with Crippen molar-refractivity contribution < 1.29 is 14.3 Å². The summed E-state index contributed by atoms with van der Waals surface area (Å²) in [6.07, 6.45) is 0. The van der Waals surface area contributed by atoms with E-state index in [1.165, 1.54) is 7.11 Å². The van der Waals surface area contributed by atoms with Crippen molar-refractivity contribution >= 4 is 29.5 Å². The van der Waals surface area contributed by atoms with Crippen LogP contribution in [0.2, 0.25) is 0 Å². The number of aryl methyl sites for hydroxylation is 2. The highest BCUT2D eigenvalue weighted by atomic mass is 32.2. The van der Waals surface area contributed by atoms with Gasteiger partial charge in [0.05, 0.1) is 34.6 Å². The predicted molar refractivity (Wildman–Crippen MR) is 118 cm³/mol. The number of rotatable bonds is 3. The molecule has 0 bridgehead atoms. The summed E-state index contributed by atoms with van der Waals surface area (Å²) in [6, 6.07) is 15.3. The summed E-state index contributed by atoms with van der Waals surface area (Å²) in [4.78, 5) is 24.6. The fourth-order valence-electron chi connectivity index (χ4n) is 3.66. The Morgan fingerprint density at radius 1 is 1.13 bits per heavy atom. The minimum atomic E-state index is -0.371. The Hall–Kier alpha value is -3.06. The van der Waals surface area contributed by atoms with Gasteiger partial charge < -0.3 is 10.1 Å². The number of fused-ring (bicyclic) bond motifs is 1.